The van der Waals surface area contributed by atoms with Gasteiger partial charge in [-0.25, -0.2) is 0 Å². The van der Waals surface area contributed by atoms with Crippen LogP contribution in [-0.4, -0.2) is 37.5 Å². The lowest BCUT2D eigenvalue weighted by atomic mass is 10.1. The van der Waals surface area contributed by atoms with Crippen molar-refractivity contribution in [1.82, 2.24) is 10.6 Å². The maximum atomic E-state index is 12.1. The zero-order valence-corrected chi connectivity index (χ0v) is 16.5. The largest absolute Gasteiger partial charge is 0.454 e. The summed E-state index contributed by atoms with van der Waals surface area (Å²) in [6.07, 6.45) is 0.707. The second-order valence-electron chi connectivity index (χ2n) is 6.67. The van der Waals surface area contributed by atoms with Gasteiger partial charge in [0.25, 0.3) is 11.8 Å². The Morgan fingerprint density at radius 2 is 1.64 bits per heavy atom. The molecule has 0 radical (unpaired) electrons. The van der Waals surface area contributed by atoms with Gasteiger partial charge in [-0.3, -0.25) is 14.4 Å². The number of carbonyl (C=O) groups excluding carboxylic acids is 3. The molecule has 2 aromatic carbocycles. The third-order valence-corrected chi connectivity index (χ3v) is 4.50. The highest BCUT2D eigenvalue weighted by atomic mass is 16.5. The van der Waals surface area contributed by atoms with Crippen LogP contribution in [0.2, 0.25) is 0 Å². The Bertz CT molecular complexity index is 861. The standard InChI is InChI=1S/C22H26N2O4/c1-15-8-9-19(12-17(15)3)22(27)24-13-21(26)28-14-20(25)23-11-10-18-7-5-4-6-16(18)2/h4-9,12H,10-11,13-14H2,1-3H3,(H,23,25)(H,24,27). The van der Waals surface area contributed by atoms with Crippen LogP contribution in [0.3, 0.4) is 0 Å². The van der Waals surface area contributed by atoms with Crippen LogP contribution in [0, 0.1) is 20.8 Å². The van der Waals surface area contributed by atoms with Crippen molar-refractivity contribution in [2.75, 3.05) is 19.7 Å². The second-order valence-corrected chi connectivity index (χ2v) is 6.67. The van der Waals surface area contributed by atoms with Crippen molar-refractivity contribution in [3.63, 3.8) is 0 Å². The van der Waals surface area contributed by atoms with Crippen molar-refractivity contribution in [3.8, 4) is 0 Å². The molecular weight excluding hydrogens is 356 g/mol. The van der Waals surface area contributed by atoms with Crippen molar-refractivity contribution in [2.24, 2.45) is 0 Å². The predicted molar refractivity (Wildman–Crippen MR) is 107 cm³/mol. The topological polar surface area (TPSA) is 84.5 Å². The van der Waals surface area contributed by atoms with E-state index in [0.717, 1.165) is 16.7 Å². The van der Waals surface area contributed by atoms with E-state index in [1.54, 1.807) is 12.1 Å². The zero-order valence-electron chi connectivity index (χ0n) is 16.5. The van der Waals surface area contributed by atoms with Gasteiger partial charge in [-0.1, -0.05) is 30.3 Å². The van der Waals surface area contributed by atoms with Crippen molar-refractivity contribution in [2.45, 2.75) is 27.2 Å². The molecule has 0 aliphatic heterocycles. The van der Waals surface area contributed by atoms with Crippen molar-refractivity contribution < 1.29 is 19.1 Å². The van der Waals surface area contributed by atoms with E-state index in [9.17, 15) is 14.4 Å². The normalized spacial score (nSPS) is 10.2. The minimum absolute atomic E-state index is 0.289. The fourth-order valence-electron chi connectivity index (χ4n) is 2.61. The number of aryl methyl sites for hydroxylation is 3. The first-order valence-electron chi connectivity index (χ1n) is 9.19. The molecule has 2 amide bonds. The van der Waals surface area contributed by atoms with E-state index in [4.69, 9.17) is 4.74 Å². The molecule has 0 aliphatic rings. The molecule has 0 unspecified atom stereocenters. The molecule has 148 valence electrons. The number of ether oxygens (including phenoxy) is 1. The highest BCUT2D eigenvalue weighted by Gasteiger charge is 2.11. The zero-order chi connectivity index (χ0) is 20.5. The fourth-order valence-corrected chi connectivity index (χ4v) is 2.61. The van der Waals surface area contributed by atoms with Gasteiger partial charge in [0.1, 0.15) is 6.54 Å². The Morgan fingerprint density at radius 3 is 2.36 bits per heavy atom. The minimum Gasteiger partial charge on any atom is -0.454 e. The Hall–Kier alpha value is -3.15. The number of nitrogens with one attached hydrogen (secondary N) is 2. The van der Waals surface area contributed by atoms with E-state index in [-0.39, 0.29) is 25.0 Å². The lowest BCUT2D eigenvalue weighted by Crippen LogP contribution is -2.34. The summed E-state index contributed by atoms with van der Waals surface area (Å²) in [6.45, 7) is 5.70. The van der Waals surface area contributed by atoms with E-state index < -0.39 is 5.97 Å². The number of hydrogen-bond donors (Lipinski definition) is 2. The van der Waals surface area contributed by atoms with Gasteiger partial charge in [0, 0.05) is 12.1 Å². The number of esters is 1. The molecule has 2 N–H and O–H groups in total. The molecule has 0 aromatic heterocycles. The van der Waals surface area contributed by atoms with E-state index in [1.165, 1.54) is 5.56 Å². The molecule has 6 nitrogen and oxygen atoms in total. The second kappa shape index (κ2) is 10.3. The van der Waals surface area contributed by atoms with E-state index in [0.29, 0.717) is 18.5 Å². The predicted octanol–water partition coefficient (Wildman–Crippen LogP) is 2.24. The van der Waals surface area contributed by atoms with Crippen LogP contribution in [0.4, 0.5) is 0 Å². The minimum atomic E-state index is -0.661. The monoisotopic (exact) mass is 382 g/mol. The molecule has 0 aliphatic carbocycles. The van der Waals surface area contributed by atoms with Crippen molar-refractivity contribution in [3.05, 3.63) is 70.3 Å². The van der Waals surface area contributed by atoms with Crippen molar-refractivity contribution >= 4 is 17.8 Å². The quantitative estimate of drug-likeness (QED) is 0.686. The summed E-state index contributed by atoms with van der Waals surface area (Å²) in [5.41, 5.74) is 4.89. The third kappa shape index (κ3) is 6.54. The first kappa shape index (κ1) is 21.2. The Kier molecular flexibility index (Phi) is 7.75. The summed E-state index contributed by atoms with van der Waals surface area (Å²) < 4.78 is 4.89. The first-order chi connectivity index (χ1) is 13.4. The summed E-state index contributed by atoms with van der Waals surface area (Å²) >= 11 is 0. The van der Waals surface area contributed by atoms with Crippen LogP contribution in [-0.2, 0) is 20.7 Å². The molecular formula is C22H26N2O4. The smallest absolute Gasteiger partial charge is 0.325 e. The van der Waals surface area contributed by atoms with Crippen molar-refractivity contribution in [1.29, 1.82) is 0 Å². The van der Waals surface area contributed by atoms with E-state index in [1.807, 2.05) is 51.1 Å². The van der Waals surface area contributed by atoms with Gasteiger partial charge in [0.05, 0.1) is 0 Å². The Labute approximate surface area is 165 Å². The van der Waals surface area contributed by atoms with Gasteiger partial charge in [-0.05, 0) is 61.6 Å². The molecule has 0 fully saturated rings. The van der Waals surface area contributed by atoms with Crippen LogP contribution >= 0.6 is 0 Å². The summed E-state index contributed by atoms with van der Waals surface area (Å²) in [4.78, 5) is 35.6. The fraction of sp³-hybridized carbons (Fsp3) is 0.318. The van der Waals surface area contributed by atoms with Gasteiger partial charge in [0.2, 0.25) is 0 Å². The van der Waals surface area contributed by atoms with Gasteiger partial charge in [0.15, 0.2) is 6.61 Å². The van der Waals surface area contributed by atoms with E-state index in [2.05, 4.69) is 10.6 Å². The molecule has 0 spiro atoms. The number of carbonyl (C=O) groups is 3. The molecule has 2 aromatic rings. The Balaban J connectivity index is 1.66. The third-order valence-electron chi connectivity index (χ3n) is 4.50. The number of rotatable bonds is 8. The number of benzene rings is 2. The number of amides is 2. The molecule has 0 heterocycles. The molecule has 28 heavy (non-hydrogen) atoms. The average Bonchev–Trinajstić information content (AvgIpc) is 2.68. The molecule has 0 atom stereocenters. The lowest BCUT2D eigenvalue weighted by molar-refractivity contribution is -0.147. The average molecular weight is 382 g/mol. The summed E-state index contributed by atoms with van der Waals surface area (Å²) in [7, 11) is 0. The van der Waals surface area contributed by atoms with E-state index >= 15 is 0 Å². The van der Waals surface area contributed by atoms with Gasteiger partial charge in [-0.15, -0.1) is 0 Å². The molecule has 2 rings (SSSR count). The molecule has 0 saturated heterocycles. The number of hydrogen-bond acceptors (Lipinski definition) is 4. The van der Waals surface area contributed by atoms with Crippen LogP contribution in [0.25, 0.3) is 0 Å². The van der Waals surface area contributed by atoms with Gasteiger partial charge >= 0.3 is 5.97 Å². The van der Waals surface area contributed by atoms with Gasteiger partial charge < -0.3 is 15.4 Å². The molecule has 0 bridgehead atoms. The highest BCUT2D eigenvalue weighted by Crippen LogP contribution is 2.09. The SMILES string of the molecule is Cc1ccc(C(=O)NCC(=O)OCC(=O)NCCc2ccccc2C)cc1C. The van der Waals surface area contributed by atoms with Crippen LogP contribution < -0.4 is 10.6 Å². The highest BCUT2D eigenvalue weighted by molar-refractivity contribution is 5.96. The lowest BCUT2D eigenvalue weighted by Gasteiger charge is -2.09. The summed E-state index contributed by atoms with van der Waals surface area (Å²) in [5, 5.41) is 5.21. The van der Waals surface area contributed by atoms with Crippen LogP contribution in [0.15, 0.2) is 42.5 Å². The maximum absolute atomic E-state index is 12.1. The van der Waals surface area contributed by atoms with Crippen LogP contribution in [0.5, 0.6) is 0 Å². The van der Waals surface area contributed by atoms with Gasteiger partial charge in [-0.2, -0.15) is 0 Å². The summed E-state index contributed by atoms with van der Waals surface area (Å²) in [6, 6.07) is 13.3. The Morgan fingerprint density at radius 1 is 0.893 bits per heavy atom. The maximum Gasteiger partial charge on any atom is 0.325 e. The first-order valence-corrected chi connectivity index (χ1v) is 9.19. The summed E-state index contributed by atoms with van der Waals surface area (Å²) in [5.74, 6) is -1.39. The molecule has 0 saturated carbocycles. The van der Waals surface area contributed by atoms with Crippen LogP contribution in [0.1, 0.15) is 32.6 Å². The molecule has 6 heteroatoms.